The minimum absolute atomic E-state index is 0.00409. The van der Waals surface area contributed by atoms with Crippen LogP contribution in [-0.2, 0) is 14.3 Å². The number of carbonyl (C=O) groups excluding carboxylic acids is 2. The van der Waals surface area contributed by atoms with Crippen LogP contribution in [0.3, 0.4) is 0 Å². The van der Waals surface area contributed by atoms with Crippen LogP contribution in [0.5, 0.6) is 0 Å². The van der Waals surface area contributed by atoms with E-state index < -0.39 is 18.4 Å². The second-order valence-electron chi connectivity index (χ2n) is 11.6. The van der Waals surface area contributed by atoms with Gasteiger partial charge in [-0.05, 0) is 92.0 Å². The Morgan fingerprint density at radius 2 is 1.71 bits per heavy atom. The molecule has 0 aromatic heterocycles. The normalized spacial score (nSPS) is 17.1. The molecule has 1 saturated carbocycles. The van der Waals surface area contributed by atoms with Crippen molar-refractivity contribution in [3.8, 4) is 11.1 Å². The Labute approximate surface area is 250 Å². The van der Waals surface area contributed by atoms with Crippen molar-refractivity contribution in [2.75, 3.05) is 13.2 Å². The highest BCUT2D eigenvalue weighted by molar-refractivity contribution is 5.87. The summed E-state index contributed by atoms with van der Waals surface area (Å²) in [6.45, 7) is 13.3. The highest BCUT2D eigenvalue weighted by Gasteiger charge is 2.25. The Morgan fingerprint density at radius 1 is 1.00 bits per heavy atom. The first-order chi connectivity index (χ1) is 20.2. The molecule has 0 spiro atoms. The zero-order valence-electron chi connectivity index (χ0n) is 25.4. The van der Waals surface area contributed by atoms with Crippen molar-refractivity contribution in [3.05, 3.63) is 83.5 Å². The van der Waals surface area contributed by atoms with Gasteiger partial charge in [-0.25, -0.2) is 13.6 Å². The highest BCUT2D eigenvalue weighted by atomic mass is 19.1. The van der Waals surface area contributed by atoms with Gasteiger partial charge in [0.05, 0.1) is 18.8 Å². The molecule has 6 heteroatoms. The summed E-state index contributed by atoms with van der Waals surface area (Å²) in [4.78, 5) is 19.8. The number of ether oxygens (including phenoxy) is 1. The van der Waals surface area contributed by atoms with E-state index in [0.29, 0.717) is 24.0 Å². The molecule has 1 aliphatic rings. The van der Waals surface area contributed by atoms with Crippen molar-refractivity contribution in [2.45, 2.75) is 96.3 Å². The quantitative estimate of drug-likeness (QED) is 0.0984. The Morgan fingerprint density at radius 3 is 2.31 bits per heavy atom. The van der Waals surface area contributed by atoms with Gasteiger partial charge in [-0.3, -0.25) is 0 Å². The maximum absolute atomic E-state index is 15.3. The predicted octanol–water partition coefficient (Wildman–Crippen LogP) is 9.22. The van der Waals surface area contributed by atoms with Crippen LogP contribution in [0.25, 0.3) is 11.1 Å². The molecule has 2 aromatic carbocycles. The van der Waals surface area contributed by atoms with Crippen LogP contribution in [0.15, 0.2) is 60.7 Å². The fourth-order valence-electron chi connectivity index (χ4n) is 5.93. The fourth-order valence-corrected chi connectivity index (χ4v) is 5.93. The summed E-state index contributed by atoms with van der Waals surface area (Å²) in [5.41, 5.74) is 3.35. The molecule has 0 saturated heterocycles. The number of carbonyl (C=O) groups is 2. The van der Waals surface area contributed by atoms with Gasteiger partial charge in [0.2, 0.25) is 0 Å². The number of aliphatic hydroxyl groups excluding tert-OH is 1. The molecule has 4 nitrogen and oxygen atoms in total. The molecule has 1 unspecified atom stereocenters. The number of aliphatic hydroxyl groups is 1. The molecule has 0 amide bonds. The van der Waals surface area contributed by atoms with Gasteiger partial charge in [0.1, 0.15) is 18.4 Å². The molecular weight excluding hydrogens is 534 g/mol. The second-order valence-corrected chi connectivity index (χ2v) is 11.6. The maximum atomic E-state index is 15.3. The Kier molecular flexibility index (Phi) is 15.4. The molecule has 0 aliphatic heterocycles. The Balaban J connectivity index is 0.00000301. The molecular formula is C36H48F2O4. The fraction of sp³-hybridized carbons (Fsp3) is 0.500. The van der Waals surface area contributed by atoms with Crippen LogP contribution in [0.4, 0.5) is 8.78 Å². The molecule has 1 N–H and O–H groups in total. The van der Waals surface area contributed by atoms with Gasteiger partial charge in [0.15, 0.2) is 0 Å². The minimum Gasteiger partial charge on any atom is -0.462 e. The zero-order valence-corrected chi connectivity index (χ0v) is 25.4. The molecule has 0 radical (unpaired) electrons. The molecule has 42 heavy (non-hydrogen) atoms. The van der Waals surface area contributed by atoms with Gasteiger partial charge in [-0.15, -0.1) is 6.58 Å². The lowest BCUT2D eigenvalue weighted by Gasteiger charge is -2.29. The Hall–Kier alpha value is -3.12. The van der Waals surface area contributed by atoms with Crippen LogP contribution in [0, 0.1) is 17.6 Å². The average Bonchev–Trinajstić information content (AvgIpc) is 2.99. The van der Waals surface area contributed by atoms with Crippen LogP contribution < -0.4 is 0 Å². The molecule has 230 valence electrons. The molecule has 1 fully saturated rings. The van der Waals surface area contributed by atoms with E-state index in [-0.39, 0.29) is 29.8 Å². The van der Waals surface area contributed by atoms with E-state index in [1.165, 1.54) is 44.2 Å². The lowest BCUT2D eigenvalue weighted by molar-refractivity contribution is -0.139. The van der Waals surface area contributed by atoms with Gasteiger partial charge in [-0.2, -0.15) is 0 Å². The third-order valence-corrected chi connectivity index (χ3v) is 8.30. The van der Waals surface area contributed by atoms with Crippen molar-refractivity contribution < 1.29 is 28.2 Å². The number of allylic oxidation sites excluding steroid dienone is 1. The monoisotopic (exact) mass is 582 g/mol. The zero-order chi connectivity index (χ0) is 31.1. The molecule has 2 aromatic rings. The predicted molar refractivity (Wildman–Crippen MR) is 166 cm³/mol. The van der Waals surface area contributed by atoms with Crippen molar-refractivity contribution >= 4 is 12.8 Å². The van der Waals surface area contributed by atoms with E-state index in [0.717, 1.165) is 48.3 Å². The topological polar surface area (TPSA) is 63.6 Å². The van der Waals surface area contributed by atoms with Crippen molar-refractivity contribution in [1.29, 1.82) is 0 Å². The third-order valence-electron chi connectivity index (χ3n) is 8.30. The van der Waals surface area contributed by atoms with Crippen LogP contribution >= 0.6 is 0 Å². The van der Waals surface area contributed by atoms with Gasteiger partial charge < -0.3 is 14.6 Å². The Bertz CT molecular complexity index is 1170. The van der Waals surface area contributed by atoms with Crippen LogP contribution in [0.2, 0.25) is 0 Å². The van der Waals surface area contributed by atoms with E-state index in [1.54, 1.807) is 6.07 Å². The summed E-state index contributed by atoms with van der Waals surface area (Å²) in [5, 5.41) is 9.03. The van der Waals surface area contributed by atoms with Gasteiger partial charge in [0.25, 0.3) is 0 Å². The van der Waals surface area contributed by atoms with E-state index in [9.17, 15) is 4.79 Å². The van der Waals surface area contributed by atoms with E-state index in [1.807, 2.05) is 31.9 Å². The van der Waals surface area contributed by atoms with Gasteiger partial charge >= 0.3 is 5.97 Å². The largest absolute Gasteiger partial charge is 0.462 e. The summed E-state index contributed by atoms with van der Waals surface area (Å²) < 4.78 is 35.8. The maximum Gasteiger partial charge on any atom is 0.335 e. The minimum atomic E-state index is -0.640. The third kappa shape index (κ3) is 10.6. The van der Waals surface area contributed by atoms with Crippen molar-refractivity contribution in [2.24, 2.45) is 5.92 Å². The number of hydrogen-bond donors (Lipinski definition) is 1. The van der Waals surface area contributed by atoms with E-state index in [4.69, 9.17) is 14.6 Å². The summed E-state index contributed by atoms with van der Waals surface area (Å²) in [7, 11) is 0. The van der Waals surface area contributed by atoms with E-state index >= 15 is 8.78 Å². The highest BCUT2D eigenvalue weighted by Crippen LogP contribution is 2.40. The van der Waals surface area contributed by atoms with E-state index in [2.05, 4.69) is 20.1 Å². The molecule has 1 aliphatic carbocycles. The molecule has 0 heterocycles. The van der Waals surface area contributed by atoms with Gasteiger partial charge in [0, 0.05) is 5.56 Å². The first-order valence-electron chi connectivity index (χ1n) is 15.2. The number of esters is 1. The summed E-state index contributed by atoms with van der Waals surface area (Å²) in [5.74, 6) is -0.399. The lowest BCUT2D eigenvalue weighted by Crippen LogP contribution is -2.14. The van der Waals surface area contributed by atoms with Crippen LogP contribution in [-0.4, -0.2) is 31.1 Å². The van der Waals surface area contributed by atoms with Crippen LogP contribution in [0.1, 0.15) is 107 Å². The van der Waals surface area contributed by atoms with Crippen molar-refractivity contribution in [3.63, 3.8) is 0 Å². The first-order valence-corrected chi connectivity index (χ1v) is 15.2. The number of hydrogen-bond acceptors (Lipinski definition) is 4. The molecule has 3 rings (SSSR count). The number of rotatable bonds is 15. The number of halogens is 2. The molecule has 1 atom stereocenters. The average molecular weight is 583 g/mol. The van der Waals surface area contributed by atoms with Gasteiger partial charge in [-0.1, -0.05) is 75.4 Å². The molecule has 0 bridgehead atoms. The number of benzene rings is 2. The summed E-state index contributed by atoms with van der Waals surface area (Å²) >= 11 is 0. The summed E-state index contributed by atoms with van der Waals surface area (Å²) in [6.07, 6.45) is 11.9. The number of unbranched alkanes of at least 4 members (excludes halogenated alkanes) is 3. The lowest BCUT2D eigenvalue weighted by atomic mass is 9.76. The SMILES string of the molecule is C=C(C)CC(CCOC(=O)C(=C)CO)c1ccc(-c2ccc(C3CCC(CCCCCC)CC3)c(F)c2)c(F)c1.C=O. The standard InChI is InChI=1S/C35H46F2O3.CH2O/c1-5-6-7-8-9-26-10-12-27(13-11-26)31-17-15-30(22-34(31)37)32-16-14-28(21-33(32)36)29(20-24(2)3)18-19-40-35(39)25(4)23-38;1-2/h14-17,21-22,26-27,29,38H,2,4-13,18-20,23H2,1,3H3;1H2. The summed E-state index contributed by atoms with van der Waals surface area (Å²) in [6, 6.07) is 10.2. The second kappa shape index (κ2) is 18.4. The first kappa shape index (κ1) is 35.1. The smallest absolute Gasteiger partial charge is 0.335 e. The van der Waals surface area contributed by atoms with Crippen molar-refractivity contribution in [1.82, 2.24) is 0 Å².